The largest absolute Gasteiger partial charge is 0.490 e. The van der Waals surface area contributed by atoms with Gasteiger partial charge < -0.3 is 13.9 Å². The zero-order valence-electron chi connectivity index (χ0n) is 22.5. The van der Waals surface area contributed by atoms with E-state index in [1.54, 1.807) is 18.2 Å². The number of fused-ring (bicyclic) bond motifs is 2. The molecular weight excluding hydrogens is 516 g/mol. The van der Waals surface area contributed by atoms with E-state index in [0.717, 1.165) is 30.4 Å². The Morgan fingerprint density at radius 3 is 2.49 bits per heavy atom. The third-order valence-electron chi connectivity index (χ3n) is 7.03. The Hall–Kier alpha value is -3.84. The number of nitrogens with zero attached hydrogens (tertiary/aromatic N) is 2. The second-order valence-corrected chi connectivity index (χ2v) is 10.2. The number of pyridine rings is 1. The van der Waals surface area contributed by atoms with Gasteiger partial charge in [-0.05, 0) is 80.3 Å². The average Bonchev–Trinajstić information content (AvgIpc) is 3.21. The fraction of sp³-hybridized carbons (Fsp3) is 0.323. The second-order valence-electron chi connectivity index (χ2n) is 9.71. The van der Waals surface area contributed by atoms with Crippen molar-refractivity contribution in [2.45, 2.75) is 53.0 Å². The SMILES string of the molecule is CCCCCOc1ccc(C2c3c(oc4cc(C)c(C)cc4c3=O)C(=O)N2c2ccc(Cl)cn2)cc1OCC. The lowest BCUT2D eigenvalue weighted by Gasteiger charge is -2.25. The lowest BCUT2D eigenvalue weighted by Crippen LogP contribution is -2.30. The number of amides is 1. The van der Waals surface area contributed by atoms with Gasteiger partial charge in [-0.3, -0.25) is 14.5 Å². The zero-order chi connectivity index (χ0) is 27.7. The van der Waals surface area contributed by atoms with Crippen LogP contribution in [0.15, 0.2) is 57.9 Å². The molecule has 0 N–H and O–H groups in total. The Kier molecular flexibility index (Phi) is 7.62. The molecule has 202 valence electrons. The molecule has 2 aromatic carbocycles. The summed E-state index contributed by atoms with van der Waals surface area (Å²) in [6.07, 6.45) is 4.59. The third-order valence-corrected chi connectivity index (χ3v) is 7.26. The number of unbranched alkanes of at least 4 members (excludes halogenated alkanes) is 2. The van der Waals surface area contributed by atoms with E-state index in [1.807, 2.05) is 45.0 Å². The number of anilines is 1. The van der Waals surface area contributed by atoms with E-state index in [1.165, 1.54) is 11.1 Å². The first-order valence-corrected chi connectivity index (χ1v) is 13.6. The molecule has 4 aromatic rings. The number of carbonyl (C=O) groups excluding carboxylic acids is 1. The van der Waals surface area contributed by atoms with Gasteiger partial charge in [-0.25, -0.2) is 4.98 Å². The number of rotatable bonds is 9. The van der Waals surface area contributed by atoms with Gasteiger partial charge in [0.25, 0.3) is 5.91 Å². The maximum atomic E-state index is 14.0. The van der Waals surface area contributed by atoms with Gasteiger partial charge in [-0.1, -0.05) is 37.4 Å². The molecule has 0 spiro atoms. The van der Waals surface area contributed by atoms with Crippen LogP contribution in [0.5, 0.6) is 11.5 Å². The van der Waals surface area contributed by atoms with Crippen LogP contribution in [-0.2, 0) is 0 Å². The molecule has 0 bridgehead atoms. The van der Waals surface area contributed by atoms with E-state index in [9.17, 15) is 9.59 Å². The first-order chi connectivity index (χ1) is 18.8. The van der Waals surface area contributed by atoms with Crippen LogP contribution >= 0.6 is 11.6 Å². The normalized spacial score (nSPS) is 14.6. The minimum Gasteiger partial charge on any atom is -0.490 e. The Balaban J connectivity index is 1.69. The summed E-state index contributed by atoms with van der Waals surface area (Å²) < 4.78 is 18.1. The maximum absolute atomic E-state index is 14.0. The number of hydrogen-bond donors (Lipinski definition) is 0. The van der Waals surface area contributed by atoms with Crippen LogP contribution in [0.4, 0.5) is 5.82 Å². The third kappa shape index (κ3) is 4.99. The molecule has 1 atom stereocenters. The van der Waals surface area contributed by atoms with Crippen LogP contribution in [-0.4, -0.2) is 24.1 Å². The van der Waals surface area contributed by atoms with Crippen molar-refractivity contribution in [2.24, 2.45) is 0 Å². The summed E-state index contributed by atoms with van der Waals surface area (Å²) in [5.74, 6) is 1.09. The van der Waals surface area contributed by atoms with Crippen LogP contribution in [0.25, 0.3) is 11.0 Å². The molecule has 0 saturated heterocycles. The summed E-state index contributed by atoms with van der Waals surface area (Å²) in [6.45, 7) is 8.94. The average molecular weight is 547 g/mol. The van der Waals surface area contributed by atoms with Crippen molar-refractivity contribution >= 4 is 34.3 Å². The first-order valence-electron chi connectivity index (χ1n) is 13.3. The minimum absolute atomic E-state index is 0.00959. The summed E-state index contributed by atoms with van der Waals surface area (Å²) in [5.41, 5.74) is 3.02. The molecule has 8 heteroatoms. The van der Waals surface area contributed by atoms with Gasteiger partial charge in [0.15, 0.2) is 16.9 Å². The lowest BCUT2D eigenvalue weighted by atomic mass is 9.97. The summed E-state index contributed by atoms with van der Waals surface area (Å²) in [5, 5.41) is 0.870. The van der Waals surface area contributed by atoms with Crippen molar-refractivity contribution in [1.29, 1.82) is 0 Å². The van der Waals surface area contributed by atoms with E-state index < -0.39 is 11.9 Å². The molecule has 1 aliphatic rings. The number of halogens is 1. The maximum Gasteiger partial charge on any atom is 0.296 e. The first kappa shape index (κ1) is 26.8. The molecule has 0 saturated carbocycles. The lowest BCUT2D eigenvalue weighted by molar-refractivity contribution is 0.0970. The second kappa shape index (κ2) is 11.1. The van der Waals surface area contributed by atoms with Crippen LogP contribution in [0.1, 0.15) is 72.0 Å². The Morgan fingerprint density at radius 2 is 1.77 bits per heavy atom. The molecule has 1 amide bonds. The van der Waals surface area contributed by atoms with Gasteiger partial charge >= 0.3 is 0 Å². The quantitative estimate of drug-likeness (QED) is 0.207. The van der Waals surface area contributed by atoms with Crippen molar-refractivity contribution in [1.82, 2.24) is 4.98 Å². The fourth-order valence-corrected chi connectivity index (χ4v) is 5.02. The molecule has 3 heterocycles. The van der Waals surface area contributed by atoms with Crippen LogP contribution in [0.2, 0.25) is 5.02 Å². The molecule has 7 nitrogen and oxygen atoms in total. The van der Waals surface area contributed by atoms with Gasteiger partial charge in [-0.2, -0.15) is 0 Å². The summed E-state index contributed by atoms with van der Waals surface area (Å²) in [6, 6.07) is 11.7. The van der Waals surface area contributed by atoms with Crippen molar-refractivity contribution in [2.75, 3.05) is 18.1 Å². The van der Waals surface area contributed by atoms with Gasteiger partial charge in [-0.15, -0.1) is 0 Å². The number of benzene rings is 2. The summed E-state index contributed by atoms with van der Waals surface area (Å²) in [4.78, 5) is 33.7. The summed E-state index contributed by atoms with van der Waals surface area (Å²) >= 11 is 6.09. The van der Waals surface area contributed by atoms with Crippen molar-refractivity contribution in [3.8, 4) is 11.5 Å². The highest BCUT2D eigenvalue weighted by atomic mass is 35.5. The number of hydrogen-bond acceptors (Lipinski definition) is 6. The predicted octanol–water partition coefficient (Wildman–Crippen LogP) is 7.18. The smallest absolute Gasteiger partial charge is 0.296 e. The molecule has 2 aromatic heterocycles. The highest BCUT2D eigenvalue weighted by molar-refractivity contribution is 6.30. The standard InChI is InChI=1S/C31H31ClN2O5/c1-5-7-8-13-38-23-11-9-20(16-25(23)37-6-2)28-27-29(35)22-14-18(3)19(4)15-24(22)39-30(27)31(36)34(28)26-12-10-21(32)17-33-26/h9-12,14-17,28H,5-8,13H2,1-4H3. The van der Waals surface area contributed by atoms with E-state index in [2.05, 4.69) is 11.9 Å². The monoisotopic (exact) mass is 546 g/mol. The van der Waals surface area contributed by atoms with Crippen LogP contribution < -0.4 is 19.8 Å². The fourth-order valence-electron chi connectivity index (χ4n) is 4.91. The molecule has 39 heavy (non-hydrogen) atoms. The number of ether oxygens (including phenoxy) is 2. The highest BCUT2D eigenvalue weighted by Crippen LogP contribution is 2.43. The Bertz CT molecular complexity index is 1600. The van der Waals surface area contributed by atoms with E-state index in [0.29, 0.717) is 52.1 Å². The van der Waals surface area contributed by atoms with Crippen LogP contribution in [0.3, 0.4) is 0 Å². The molecule has 0 fully saturated rings. The summed E-state index contributed by atoms with van der Waals surface area (Å²) in [7, 11) is 0. The molecule has 1 aliphatic heterocycles. The molecular formula is C31H31ClN2O5. The molecule has 0 aliphatic carbocycles. The zero-order valence-corrected chi connectivity index (χ0v) is 23.3. The molecule has 1 unspecified atom stereocenters. The molecule has 5 rings (SSSR count). The number of aromatic nitrogens is 1. The Labute approximate surface area is 232 Å². The van der Waals surface area contributed by atoms with Gasteiger partial charge in [0.2, 0.25) is 5.76 Å². The van der Waals surface area contributed by atoms with E-state index in [-0.39, 0.29) is 16.8 Å². The van der Waals surface area contributed by atoms with Crippen molar-refractivity contribution in [3.63, 3.8) is 0 Å². The van der Waals surface area contributed by atoms with Gasteiger partial charge in [0.1, 0.15) is 11.4 Å². The van der Waals surface area contributed by atoms with Gasteiger partial charge in [0.05, 0.1) is 35.2 Å². The van der Waals surface area contributed by atoms with Crippen molar-refractivity contribution < 1.29 is 18.7 Å². The van der Waals surface area contributed by atoms with E-state index >= 15 is 0 Å². The topological polar surface area (TPSA) is 81.9 Å². The van der Waals surface area contributed by atoms with E-state index in [4.69, 9.17) is 25.5 Å². The van der Waals surface area contributed by atoms with Gasteiger partial charge in [0, 0.05) is 6.20 Å². The minimum atomic E-state index is -0.781. The molecule has 0 radical (unpaired) electrons. The van der Waals surface area contributed by atoms with Crippen LogP contribution in [0, 0.1) is 13.8 Å². The number of carbonyl (C=O) groups is 1. The number of aryl methyl sites for hydroxylation is 2. The van der Waals surface area contributed by atoms with Crippen molar-refractivity contribution in [3.05, 3.63) is 91.9 Å². The Morgan fingerprint density at radius 1 is 0.974 bits per heavy atom. The highest BCUT2D eigenvalue weighted by Gasteiger charge is 2.44. The predicted molar refractivity (Wildman–Crippen MR) is 152 cm³/mol.